The molecule has 4 unspecified atom stereocenters. The summed E-state index contributed by atoms with van der Waals surface area (Å²) in [6.45, 7) is -10.2. The maximum Gasteiger partial charge on any atom is 0.323 e. The first-order chi connectivity index (χ1) is 20.1. The van der Waals surface area contributed by atoms with E-state index >= 15 is 0 Å². The SMILES string of the molecule is [2H]C12CC(OC(=O)[C@@]([2H])(N)C([2H])(C([2H])([2H])[2H])C([2H])([2H])[2H])C(C([2H])([2H])C([2H])(C)C([2H])([2H])[2H])CN1CCc1cc(OC)c(OC)cc12. The van der Waals surface area contributed by atoms with Crippen molar-refractivity contribution in [1.29, 1.82) is 0 Å². The lowest BCUT2D eigenvalue weighted by Gasteiger charge is -2.47. The van der Waals surface area contributed by atoms with Gasteiger partial charge in [0.15, 0.2) is 11.5 Å². The van der Waals surface area contributed by atoms with Gasteiger partial charge in [-0.15, -0.1) is 0 Å². The molecule has 1 saturated heterocycles. The van der Waals surface area contributed by atoms with Crippen molar-refractivity contribution in [3.63, 3.8) is 0 Å². The number of carbonyl (C=O) groups is 1. The predicted molar refractivity (Wildman–Crippen MR) is 118 cm³/mol. The van der Waals surface area contributed by atoms with Crippen molar-refractivity contribution < 1.29 is 39.6 Å². The molecule has 0 amide bonds. The number of hydrogen-bond acceptors (Lipinski definition) is 6. The zero-order chi connectivity index (χ0) is 35.0. The van der Waals surface area contributed by atoms with Gasteiger partial charge in [-0.2, -0.15) is 0 Å². The first-order valence-corrected chi connectivity index (χ1v) is 9.56. The van der Waals surface area contributed by atoms with E-state index in [1.807, 2.05) is 0 Å². The van der Waals surface area contributed by atoms with E-state index in [4.69, 9.17) is 39.1 Å². The van der Waals surface area contributed by atoms with Gasteiger partial charge in [0.25, 0.3) is 0 Å². The molecular formula is C24H38N2O4. The molecule has 0 aliphatic carbocycles. The minimum atomic E-state index is -3.91. The average Bonchev–Trinajstić information content (AvgIpc) is 2.88. The molecule has 2 aliphatic rings. The number of ether oxygens (including phenoxy) is 3. The Labute approximate surface area is 202 Å². The Morgan fingerprint density at radius 3 is 2.77 bits per heavy atom. The number of carbonyl (C=O) groups excluding carboxylic acids is 1. The number of rotatable bonds is 7. The van der Waals surface area contributed by atoms with Crippen LogP contribution >= 0.6 is 0 Å². The molecule has 6 nitrogen and oxygen atoms in total. The first kappa shape index (κ1) is 10.2. The highest BCUT2D eigenvalue weighted by molar-refractivity contribution is 5.76. The van der Waals surface area contributed by atoms with Crippen molar-refractivity contribution in [3.8, 4) is 11.5 Å². The minimum absolute atomic E-state index is 0.162. The summed E-state index contributed by atoms with van der Waals surface area (Å²) in [6.07, 6.45) is -5.05. The number of nitrogens with zero attached hydrogens (tertiary/aromatic N) is 1. The number of esters is 1. The van der Waals surface area contributed by atoms with Gasteiger partial charge in [0.2, 0.25) is 0 Å². The van der Waals surface area contributed by atoms with E-state index in [0.29, 0.717) is 23.3 Å². The van der Waals surface area contributed by atoms with Crippen LogP contribution in [0.15, 0.2) is 12.1 Å². The Morgan fingerprint density at radius 2 is 2.10 bits per heavy atom. The lowest BCUT2D eigenvalue weighted by atomic mass is 9.79. The lowest BCUT2D eigenvalue weighted by molar-refractivity contribution is -0.160. The molecule has 168 valence electrons. The highest BCUT2D eigenvalue weighted by Crippen LogP contribution is 2.44. The van der Waals surface area contributed by atoms with Gasteiger partial charge < -0.3 is 19.9 Å². The third-order valence-electron chi connectivity index (χ3n) is 5.36. The first-order valence-electron chi connectivity index (χ1n) is 17.1. The van der Waals surface area contributed by atoms with Gasteiger partial charge in [0, 0.05) is 49.3 Å². The van der Waals surface area contributed by atoms with Crippen LogP contribution < -0.4 is 15.2 Å². The van der Waals surface area contributed by atoms with Crippen molar-refractivity contribution in [1.82, 2.24) is 4.90 Å². The fourth-order valence-corrected chi connectivity index (χ4v) is 3.93. The van der Waals surface area contributed by atoms with Crippen LogP contribution in [-0.2, 0) is 16.0 Å². The molecule has 3 rings (SSSR count). The third-order valence-corrected chi connectivity index (χ3v) is 5.36. The molecule has 2 aliphatic heterocycles. The summed E-state index contributed by atoms with van der Waals surface area (Å²) >= 11 is 0. The average molecular weight is 434 g/mol. The second kappa shape index (κ2) is 9.56. The molecule has 1 aromatic carbocycles. The molecule has 0 saturated carbocycles. The summed E-state index contributed by atoms with van der Waals surface area (Å²) in [6, 6.07) is -2.40. The van der Waals surface area contributed by atoms with Crippen LogP contribution in [0.3, 0.4) is 0 Å². The summed E-state index contributed by atoms with van der Waals surface area (Å²) in [7, 11) is 2.80. The number of methoxy groups -OCH3 is 2. The molecule has 0 radical (unpaired) electrons. The van der Waals surface area contributed by atoms with E-state index in [1.165, 1.54) is 25.2 Å². The van der Waals surface area contributed by atoms with Crippen LogP contribution in [0.25, 0.3) is 0 Å². The molecule has 2 heterocycles. The molecule has 1 aromatic rings. The Hall–Kier alpha value is -1.79. The van der Waals surface area contributed by atoms with Gasteiger partial charge in [-0.3, -0.25) is 9.69 Å². The van der Waals surface area contributed by atoms with Gasteiger partial charge >= 0.3 is 5.97 Å². The molecule has 0 bridgehead atoms. The molecule has 6 heteroatoms. The van der Waals surface area contributed by atoms with Crippen LogP contribution in [0.5, 0.6) is 11.5 Å². The third kappa shape index (κ3) is 4.75. The summed E-state index contributed by atoms with van der Waals surface area (Å²) < 4.78 is 138. The Morgan fingerprint density at radius 1 is 1.37 bits per heavy atom. The van der Waals surface area contributed by atoms with E-state index in [-0.39, 0.29) is 12.3 Å². The summed E-state index contributed by atoms with van der Waals surface area (Å²) in [5.74, 6) is -9.77. The maximum atomic E-state index is 13.5. The molecular weight excluding hydrogens is 380 g/mol. The molecule has 1 fully saturated rings. The zero-order valence-electron chi connectivity index (χ0n) is 32.3. The number of nitrogens with two attached hydrogens (primary N) is 1. The van der Waals surface area contributed by atoms with E-state index in [0.717, 1.165) is 6.92 Å². The Balaban J connectivity index is 2.21. The van der Waals surface area contributed by atoms with Crippen LogP contribution in [-0.4, -0.2) is 50.3 Å². The smallest absolute Gasteiger partial charge is 0.323 e. The monoisotopic (exact) mass is 433 g/mol. The van der Waals surface area contributed by atoms with Gasteiger partial charge in [0.1, 0.15) is 12.1 Å². The molecule has 5 atom stereocenters. The van der Waals surface area contributed by atoms with Gasteiger partial charge in [-0.25, -0.2) is 0 Å². The van der Waals surface area contributed by atoms with Crippen molar-refractivity contribution in [3.05, 3.63) is 23.3 Å². The van der Waals surface area contributed by atoms with Gasteiger partial charge in [0.05, 0.1) is 17.0 Å². The fraction of sp³-hybridized carbons (Fsp3) is 0.708. The van der Waals surface area contributed by atoms with Gasteiger partial charge in [-0.1, -0.05) is 27.5 Å². The van der Waals surface area contributed by atoms with Crippen molar-refractivity contribution >= 4 is 5.97 Å². The number of benzene rings is 1. The predicted octanol–water partition coefficient (Wildman–Crippen LogP) is 3.56. The minimum Gasteiger partial charge on any atom is -0.493 e. The standard InChI is InChI=1S/C24H38N2O4/c1-14(2)9-17-13-26-8-7-16-10-21(28-5)22(29-6)11-18(16)19(26)12-20(17)30-24(27)23(25)15(3)4/h10-11,14-15,17,19-20,23H,7-9,12-13,25H2,1-6H3/t17?,19?,20?,23-/m0/s1/i1D3,3D3,4D3,9D2,14D,15D,19D,23D/t14?,17?,19?,20?,23-. The van der Waals surface area contributed by atoms with Crippen molar-refractivity contribution in [2.75, 3.05) is 27.3 Å². The van der Waals surface area contributed by atoms with Crippen LogP contribution in [0.1, 0.15) is 78.0 Å². The van der Waals surface area contributed by atoms with E-state index in [9.17, 15) is 6.17 Å². The highest BCUT2D eigenvalue weighted by atomic mass is 16.5. The van der Waals surface area contributed by atoms with Crippen molar-refractivity contribution in [2.24, 2.45) is 23.4 Å². The second-order valence-electron chi connectivity index (χ2n) is 7.32. The highest BCUT2D eigenvalue weighted by Gasteiger charge is 2.41. The summed E-state index contributed by atoms with van der Waals surface area (Å²) in [5, 5.41) is 0. The maximum absolute atomic E-state index is 13.5. The topological polar surface area (TPSA) is 74.0 Å². The molecule has 2 N–H and O–H groups in total. The number of fused-ring (bicyclic) bond motifs is 3. The van der Waals surface area contributed by atoms with Crippen molar-refractivity contribution in [2.45, 2.75) is 64.8 Å². The quantitative estimate of drug-likeness (QED) is 0.663. The van der Waals surface area contributed by atoms with Gasteiger partial charge in [-0.05, 0) is 47.8 Å². The van der Waals surface area contributed by atoms with Crippen LogP contribution in [0, 0.1) is 17.7 Å². The van der Waals surface area contributed by atoms with E-state index in [2.05, 4.69) is 0 Å². The number of hydrogen-bond donors (Lipinski definition) is 1. The zero-order valence-corrected chi connectivity index (χ0v) is 17.3. The Bertz CT molecular complexity index is 1280. The van der Waals surface area contributed by atoms with Crippen LogP contribution in [0.4, 0.5) is 0 Å². The van der Waals surface area contributed by atoms with Crippen LogP contribution in [0.2, 0.25) is 0 Å². The lowest BCUT2D eigenvalue weighted by Crippen LogP contribution is -2.51. The fourth-order valence-electron chi connectivity index (χ4n) is 3.93. The largest absolute Gasteiger partial charge is 0.493 e. The molecule has 30 heavy (non-hydrogen) atoms. The summed E-state index contributed by atoms with van der Waals surface area (Å²) in [4.78, 5) is 15.1. The van der Waals surface area contributed by atoms with E-state index in [1.54, 1.807) is 6.07 Å². The molecule has 0 spiro atoms. The Kier molecular flexibility index (Phi) is 3.26. The normalized spacial score (nSPS) is 39.8. The van der Waals surface area contributed by atoms with E-state index < -0.39 is 81.7 Å². The number of piperidine rings is 1. The second-order valence-corrected chi connectivity index (χ2v) is 7.32. The summed E-state index contributed by atoms with van der Waals surface area (Å²) in [5.41, 5.74) is 6.71. The molecule has 0 aromatic heterocycles.